The highest BCUT2D eigenvalue weighted by molar-refractivity contribution is 9.10. The number of ether oxygens (including phenoxy) is 1. The molecule has 3 nitrogen and oxygen atoms in total. The van der Waals surface area contributed by atoms with Crippen LogP contribution in [0.4, 0.5) is 0 Å². The second kappa shape index (κ2) is 6.17. The van der Waals surface area contributed by atoms with Gasteiger partial charge in [0, 0.05) is 17.8 Å². The number of aryl methyl sites for hydroxylation is 2. The molecule has 1 heterocycles. The minimum atomic E-state index is 0.666. The van der Waals surface area contributed by atoms with E-state index < -0.39 is 0 Å². The van der Waals surface area contributed by atoms with Crippen molar-refractivity contribution in [2.45, 2.75) is 20.4 Å². The first-order valence-electron chi connectivity index (χ1n) is 6.16. The van der Waals surface area contributed by atoms with Gasteiger partial charge in [0.15, 0.2) is 0 Å². The van der Waals surface area contributed by atoms with Crippen molar-refractivity contribution in [2.24, 2.45) is 0 Å². The first-order valence-corrected chi connectivity index (χ1v) is 6.95. The maximum Gasteiger partial charge on any atom is 0.224 e. The number of pyridine rings is 1. The largest absolute Gasteiger partial charge is 0.437 e. The van der Waals surface area contributed by atoms with E-state index in [1.54, 1.807) is 0 Å². The molecule has 1 aromatic carbocycles. The third kappa shape index (κ3) is 3.33. The summed E-state index contributed by atoms with van der Waals surface area (Å²) in [5.41, 5.74) is 3.23. The highest BCUT2D eigenvalue weighted by Crippen LogP contribution is 2.31. The summed E-state index contributed by atoms with van der Waals surface area (Å²) in [5.74, 6) is 1.44. The van der Waals surface area contributed by atoms with Crippen molar-refractivity contribution in [3.8, 4) is 11.6 Å². The first-order chi connectivity index (χ1) is 9.11. The molecule has 0 amide bonds. The second-order valence-corrected chi connectivity index (χ2v) is 5.28. The topological polar surface area (TPSA) is 34.2 Å². The maximum absolute atomic E-state index is 5.96. The van der Waals surface area contributed by atoms with Crippen LogP contribution in [0.3, 0.4) is 0 Å². The summed E-state index contributed by atoms with van der Waals surface area (Å²) in [6.07, 6.45) is 0. The van der Waals surface area contributed by atoms with Gasteiger partial charge in [-0.15, -0.1) is 0 Å². The molecule has 1 aromatic heterocycles. The Bertz CT molecular complexity index is 584. The smallest absolute Gasteiger partial charge is 0.224 e. The van der Waals surface area contributed by atoms with Crippen LogP contribution in [-0.4, -0.2) is 12.0 Å². The van der Waals surface area contributed by atoms with E-state index in [9.17, 15) is 0 Å². The van der Waals surface area contributed by atoms with Gasteiger partial charge in [-0.05, 0) is 60.6 Å². The Morgan fingerprint density at radius 3 is 2.68 bits per heavy atom. The summed E-state index contributed by atoms with van der Waals surface area (Å²) in [7, 11) is 1.92. The Hall–Kier alpha value is -1.39. The van der Waals surface area contributed by atoms with Crippen molar-refractivity contribution >= 4 is 15.9 Å². The second-order valence-electron chi connectivity index (χ2n) is 4.43. The Labute approximate surface area is 122 Å². The Morgan fingerprint density at radius 2 is 2.00 bits per heavy atom. The standard InChI is InChI=1S/C15H17BrN2O/c1-10-8-11(2)18-15(12(10)9-17-3)19-14-7-5-4-6-13(14)16/h4-8,17H,9H2,1-3H3. The number of rotatable bonds is 4. The number of nitrogens with one attached hydrogen (secondary N) is 1. The van der Waals surface area contributed by atoms with E-state index in [0.717, 1.165) is 28.0 Å². The summed E-state index contributed by atoms with van der Waals surface area (Å²) in [4.78, 5) is 4.51. The minimum Gasteiger partial charge on any atom is -0.437 e. The molecule has 0 bridgehead atoms. The molecule has 0 saturated carbocycles. The van der Waals surface area contributed by atoms with Gasteiger partial charge in [-0.2, -0.15) is 0 Å². The van der Waals surface area contributed by atoms with Crippen molar-refractivity contribution in [2.75, 3.05) is 7.05 Å². The molecule has 100 valence electrons. The van der Waals surface area contributed by atoms with Gasteiger partial charge < -0.3 is 10.1 Å². The Kier molecular flexibility index (Phi) is 4.56. The van der Waals surface area contributed by atoms with Crippen molar-refractivity contribution in [3.05, 3.63) is 51.6 Å². The van der Waals surface area contributed by atoms with Crippen LogP contribution in [0.5, 0.6) is 11.6 Å². The summed E-state index contributed by atoms with van der Waals surface area (Å²) >= 11 is 3.49. The lowest BCUT2D eigenvalue weighted by atomic mass is 10.1. The van der Waals surface area contributed by atoms with Crippen LogP contribution in [-0.2, 0) is 6.54 Å². The summed E-state index contributed by atoms with van der Waals surface area (Å²) in [6.45, 7) is 4.79. The molecule has 0 saturated heterocycles. The van der Waals surface area contributed by atoms with Crippen LogP contribution in [0.15, 0.2) is 34.8 Å². The molecule has 0 atom stereocenters. The van der Waals surface area contributed by atoms with Gasteiger partial charge in [-0.3, -0.25) is 0 Å². The predicted octanol–water partition coefficient (Wildman–Crippen LogP) is 3.97. The van der Waals surface area contributed by atoms with E-state index in [2.05, 4.69) is 39.2 Å². The fourth-order valence-electron chi connectivity index (χ4n) is 1.94. The van der Waals surface area contributed by atoms with Crippen LogP contribution in [0.2, 0.25) is 0 Å². The average Bonchev–Trinajstić information content (AvgIpc) is 2.36. The van der Waals surface area contributed by atoms with Crippen molar-refractivity contribution in [1.82, 2.24) is 10.3 Å². The number of hydrogen-bond acceptors (Lipinski definition) is 3. The zero-order valence-corrected chi connectivity index (χ0v) is 12.9. The molecule has 1 N–H and O–H groups in total. The van der Waals surface area contributed by atoms with Gasteiger partial charge in [-0.25, -0.2) is 4.98 Å². The monoisotopic (exact) mass is 320 g/mol. The fourth-order valence-corrected chi connectivity index (χ4v) is 2.30. The molecule has 0 aliphatic carbocycles. The lowest BCUT2D eigenvalue weighted by Crippen LogP contribution is -2.09. The molecule has 0 aliphatic rings. The highest BCUT2D eigenvalue weighted by Gasteiger charge is 2.11. The van der Waals surface area contributed by atoms with Gasteiger partial charge in [0.05, 0.1) is 4.47 Å². The quantitative estimate of drug-likeness (QED) is 0.925. The highest BCUT2D eigenvalue weighted by atomic mass is 79.9. The van der Waals surface area contributed by atoms with Crippen molar-refractivity contribution in [3.63, 3.8) is 0 Å². The van der Waals surface area contributed by atoms with Crippen molar-refractivity contribution in [1.29, 1.82) is 0 Å². The van der Waals surface area contributed by atoms with Crippen LogP contribution < -0.4 is 10.1 Å². The number of aromatic nitrogens is 1. The molecule has 0 radical (unpaired) electrons. The molecular weight excluding hydrogens is 304 g/mol. The maximum atomic E-state index is 5.96. The number of benzene rings is 1. The van der Waals surface area contributed by atoms with Crippen molar-refractivity contribution < 1.29 is 4.74 Å². The Morgan fingerprint density at radius 1 is 1.26 bits per heavy atom. The molecule has 0 fully saturated rings. The molecule has 0 unspecified atom stereocenters. The van der Waals surface area contributed by atoms with E-state index in [1.807, 2.05) is 38.2 Å². The van der Waals surface area contributed by atoms with Gasteiger partial charge in [0.25, 0.3) is 0 Å². The van der Waals surface area contributed by atoms with Crippen LogP contribution in [0.25, 0.3) is 0 Å². The fraction of sp³-hybridized carbons (Fsp3) is 0.267. The SMILES string of the molecule is CNCc1c(C)cc(C)nc1Oc1ccccc1Br. The summed E-state index contributed by atoms with van der Waals surface area (Å²) < 4.78 is 6.88. The lowest BCUT2D eigenvalue weighted by molar-refractivity contribution is 0.449. The van der Waals surface area contributed by atoms with Crippen LogP contribution >= 0.6 is 15.9 Å². The third-order valence-corrected chi connectivity index (χ3v) is 3.49. The van der Waals surface area contributed by atoms with E-state index >= 15 is 0 Å². The van der Waals surface area contributed by atoms with E-state index in [1.165, 1.54) is 5.56 Å². The van der Waals surface area contributed by atoms with Gasteiger partial charge in [-0.1, -0.05) is 12.1 Å². The predicted molar refractivity (Wildman–Crippen MR) is 80.7 cm³/mol. The molecule has 4 heteroatoms. The van der Waals surface area contributed by atoms with Gasteiger partial charge in [0.2, 0.25) is 5.88 Å². The van der Waals surface area contributed by atoms with Crippen LogP contribution in [0, 0.1) is 13.8 Å². The molecule has 2 rings (SSSR count). The normalized spacial score (nSPS) is 10.5. The first kappa shape index (κ1) is 14.0. The zero-order chi connectivity index (χ0) is 13.8. The molecular formula is C15H17BrN2O. The molecule has 0 spiro atoms. The third-order valence-electron chi connectivity index (χ3n) is 2.83. The van der Waals surface area contributed by atoms with Gasteiger partial charge >= 0.3 is 0 Å². The van der Waals surface area contributed by atoms with E-state index in [0.29, 0.717) is 5.88 Å². The average molecular weight is 321 g/mol. The number of nitrogens with zero attached hydrogens (tertiary/aromatic N) is 1. The van der Waals surface area contributed by atoms with E-state index in [4.69, 9.17) is 4.74 Å². The Balaban J connectivity index is 2.41. The van der Waals surface area contributed by atoms with E-state index in [-0.39, 0.29) is 0 Å². The van der Waals surface area contributed by atoms with Gasteiger partial charge in [0.1, 0.15) is 5.75 Å². The summed E-state index contributed by atoms with van der Waals surface area (Å²) in [6, 6.07) is 9.85. The zero-order valence-electron chi connectivity index (χ0n) is 11.3. The lowest BCUT2D eigenvalue weighted by Gasteiger charge is -2.14. The number of para-hydroxylation sites is 1. The molecule has 0 aliphatic heterocycles. The molecule has 19 heavy (non-hydrogen) atoms. The number of halogens is 1. The number of hydrogen-bond donors (Lipinski definition) is 1. The minimum absolute atomic E-state index is 0.666. The summed E-state index contributed by atoms with van der Waals surface area (Å²) in [5, 5.41) is 3.15. The van der Waals surface area contributed by atoms with Crippen LogP contribution in [0.1, 0.15) is 16.8 Å². The molecule has 2 aromatic rings.